The molecular weight excluding hydrogens is 432 g/mol. The minimum Gasteiger partial charge on any atom is -0.489 e. The summed E-state index contributed by atoms with van der Waals surface area (Å²) in [6, 6.07) is 9.21. The van der Waals surface area contributed by atoms with Crippen LogP contribution in [-0.2, 0) is 7.05 Å². The van der Waals surface area contributed by atoms with Gasteiger partial charge in [0.1, 0.15) is 29.1 Å². The maximum Gasteiger partial charge on any atom is 0.349 e. The van der Waals surface area contributed by atoms with Crippen LogP contribution in [0.3, 0.4) is 0 Å². The summed E-state index contributed by atoms with van der Waals surface area (Å²) >= 11 is 0. The first-order valence-electron chi connectivity index (χ1n) is 11.6. The molecule has 1 saturated heterocycles. The highest BCUT2D eigenvalue weighted by Crippen LogP contribution is 2.33. The molecular formula is C25H30N6O3. The maximum atomic E-state index is 12.6. The zero-order valence-corrected chi connectivity index (χ0v) is 20.2. The first kappa shape index (κ1) is 23.5. The van der Waals surface area contributed by atoms with Crippen LogP contribution < -0.4 is 20.1 Å². The van der Waals surface area contributed by atoms with Gasteiger partial charge in [-0.1, -0.05) is 6.92 Å². The van der Waals surface area contributed by atoms with Crippen molar-refractivity contribution in [1.29, 1.82) is 5.26 Å². The van der Waals surface area contributed by atoms with E-state index in [0.29, 0.717) is 40.7 Å². The summed E-state index contributed by atoms with van der Waals surface area (Å²) in [6.45, 7) is 8.83. The molecule has 4 heterocycles. The first-order valence-corrected chi connectivity index (χ1v) is 11.6. The number of pyridine rings is 2. The van der Waals surface area contributed by atoms with Crippen molar-refractivity contribution in [3.8, 4) is 17.7 Å². The Morgan fingerprint density at radius 2 is 2.03 bits per heavy atom. The lowest BCUT2D eigenvalue weighted by Crippen LogP contribution is -2.51. The molecule has 34 heavy (non-hydrogen) atoms. The van der Waals surface area contributed by atoms with Gasteiger partial charge in [-0.25, -0.2) is 14.8 Å². The Balaban J connectivity index is 1.61. The number of nitriles is 1. The van der Waals surface area contributed by atoms with Crippen LogP contribution in [0, 0.1) is 17.2 Å². The smallest absolute Gasteiger partial charge is 0.349 e. The van der Waals surface area contributed by atoms with Gasteiger partial charge >= 0.3 is 5.69 Å². The van der Waals surface area contributed by atoms with Gasteiger partial charge in [0.05, 0.1) is 17.8 Å². The van der Waals surface area contributed by atoms with Crippen LogP contribution in [0.5, 0.6) is 11.6 Å². The number of fused-ring (bicyclic) bond motifs is 1. The number of hydrogen-bond donors (Lipinski definition) is 0. The van der Waals surface area contributed by atoms with E-state index >= 15 is 0 Å². The largest absolute Gasteiger partial charge is 0.489 e. The number of hydrogen-bond acceptors (Lipinski definition) is 8. The summed E-state index contributed by atoms with van der Waals surface area (Å²) in [5.74, 6) is 2.00. The third kappa shape index (κ3) is 4.67. The number of piperidine rings is 1. The van der Waals surface area contributed by atoms with E-state index in [1.165, 1.54) is 4.57 Å². The second-order valence-electron chi connectivity index (χ2n) is 9.01. The summed E-state index contributed by atoms with van der Waals surface area (Å²) in [5.41, 5.74) is 1.16. The fourth-order valence-corrected chi connectivity index (χ4v) is 4.44. The molecule has 0 radical (unpaired) electrons. The molecule has 1 aliphatic heterocycles. The fraction of sp³-hybridized carbons (Fsp3) is 0.480. The average molecular weight is 463 g/mol. The number of aryl methyl sites for hydroxylation is 1. The van der Waals surface area contributed by atoms with Crippen LogP contribution in [0.2, 0.25) is 0 Å². The highest BCUT2D eigenvalue weighted by atomic mass is 16.5. The molecule has 3 aromatic heterocycles. The predicted molar refractivity (Wildman–Crippen MR) is 129 cm³/mol. The van der Waals surface area contributed by atoms with Gasteiger partial charge in [-0.2, -0.15) is 10.2 Å². The summed E-state index contributed by atoms with van der Waals surface area (Å²) in [6.07, 6.45) is 3.37. The zero-order chi connectivity index (χ0) is 24.4. The summed E-state index contributed by atoms with van der Waals surface area (Å²) in [4.78, 5) is 28.0. The molecule has 0 amide bonds. The molecule has 0 unspecified atom stereocenters. The Bertz CT molecular complexity index is 1260. The van der Waals surface area contributed by atoms with Gasteiger partial charge < -0.3 is 14.4 Å². The molecule has 9 nitrogen and oxygen atoms in total. The standard InChI is InChI=1S/C25H30N6O3/c1-6-17-14-31(24-23-20(30(5)25(32)29-24)9-7-18(12-26)28-23)16(4)11-21(17)34-22-10-8-19(13-27-22)33-15(2)3/h7-10,13,15-17,21H,6,11,14H2,1-5H3/t16-,17+,21+/m0/s1. The molecule has 178 valence electrons. The molecule has 4 rings (SSSR count). The molecule has 3 aromatic rings. The van der Waals surface area contributed by atoms with Crippen molar-refractivity contribution < 1.29 is 9.47 Å². The van der Waals surface area contributed by atoms with Crippen LogP contribution >= 0.6 is 0 Å². The number of ether oxygens (including phenoxy) is 2. The Morgan fingerprint density at radius 1 is 1.24 bits per heavy atom. The quantitative estimate of drug-likeness (QED) is 0.548. The van der Waals surface area contributed by atoms with Crippen LogP contribution in [0.15, 0.2) is 35.3 Å². The van der Waals surface area contributed by atoms with E-state index < -0.39 is 0 Å². The SMILES string of the molecule is CC[C@@H]1CN(c2nc(=O)n(C)c3ccc(C#N)nc23)[C@@H](C)C[C@H]1Oc1ccc(OC(C)C)cn1. The highest BCUT2D eigenvalue weighted by molar-refractivity contribution is 5.86. The lowest BCUT2D eigenvalue weighted by Gasteiger charge is -2.43. The second-order valence-corrected chi connectivity index (χ2v) is 9.01. The third-order valence-electron chi connectivity index (χ3n) is 6.26. The van der Waals surface area contributed by atoms with Gasteiger partial charge in [-0.15, -0.1) is 0 Å². The van der Waals surface area contributed by atoms with Gasteiger partial charge in [0.2, 0.25) is 5.88 Å². The number of anilines is 1. The first-order chi connectivity index (χ1) is 16.3. The predicted octanol–water partition coefficient (Wildman–Crippen LogP) is 3.45. The summed E-state index contributed by atoms with van der Waals surface area (Å²) < 4.78 is 13.4. The van der Waals surface area contributed by atoms with Crippen molar-refractivity contribution in [3.05, 3.63) is 46.6 Å². The van der Waals surface area contributed by atoms with Gasteiger partial charge in [0, 0.05) is 38.0 Å². The number of rotatable bonds is 6. The minimum absolute atomic E-state index is 0.0268. The Kier molecular flexibility index (Phi) is 6.68. The number of aromatic nitrogens is 4. The van der Waals surface area contributed by atoms with Crippen LogP contribution in [0.1, 0.15) is 46.2 Å². The van der Waals surface area contributed by atoms with Crippen molar-refractivity contribution in [2.24, 2.45) is 13.0 Å². The van der Waals surface area contributed by atoms with E-state index in [9.17, 15) is 10.1 Å². The highest BCUT2D eigenvalue weighted by Gasteiger charge is 2.36. The fourth-order valence-electron chi connectivity index (χ4n) is 4.44. The minimum atomic E-state index is -0.347. The molecule has 1 aliphatic rings. The lowest BCUT2D eigenvalue weighted by atomic mass is 9.88. The lowest BCUT2D eigenvalue weighted by molar-refractivity contribution is 0.0908. The molecule has 0 aromatic carbocycles. The van der Waals surface area contributed by atoms with Gasteiger partial charge in [-0.05, 0) is 45.4 Å². The summed E-state index contributed by atoms with van der Waals surface area (Å²) in [7, 11) is 1.66. The van der Waals surface area contributed by atoms with Crippen molar-refractivity contribution in [3.63, 3.8) is 0 Å². The van der Waals surface area contributed by atoms with Gasteiger partial charge in [0.15, 0.2) is 5.82 Å². The van der Waals surface area contributed by atoms with E-state index in [0.717, 1.165) is 12.8 Å². The van der Waals surface area contributed by atoms with Crippen LogP contribution in [-0.4, -0.2) is 44.3 Å². The van der Waals surface area contributed by atoms with Crippen LogP contribution in [0.25, 0.3) is 11.0 Å². The maximum absolute atomic E-state index is 12.6. The number of nitrogens with zero attached hydrogens (tertiary/aromatic N) is 6. The average Bonchev–Trinajstić information content (AvgIpc) is 2.82. The normalized spacial score (nSPS) is 20.4. The Labute approximate surface area is 199 Å². The van der Waals surface area contributed by atoms with Crippen molar-refractivity contribution >= 4 is 16.9 Å². The topological polar surface area (TPSA) is 106 Å². The third-order valence-corrected chi connectivity index (χ3v) is 6.26. The molecule has 0 saturated carbocycles. The van der Waals surface area contributed by atoms with E-state index in [1.807, 2.05) is 26.0 Å². The van der Waals surface area contributed by atoms with E-state index in [4.69, 9.17) is 9.47 Å². The zero-order valence-electron chi connectivity index (χ0n) is 20.2. The molecule has 0 spiro atoms. The molecule has 1 fully saturated rings. The molecule has 9 heteroatoms. The van der Waals surface area contributed by atoms with Crippen molar-refractivity contribution in [2.75, 3.05) is 11.4 Å². The monoisotopic (exact) mass is 462 g/mol. The van der Waals surface area contributed by atoms with Crippen molar-refractivity contribution in [1.82, 2.24) is 19.5 Å². The molecule has 0 bridgehead atoms. The van der Waals surface area contributed by atoms with E-state index in [1.54, 1.807) is 25.4 Å². The Hall–Kier alpha value is -3.67. The van der Waals surface area contributed by atoms with E-state index in [-0.39, 0.29) is 29.9 Å². The summed E-state index contributed by atoms with van der Waals surface area (Å²) in [5, 5.41) is 9.34. The molecule has 3 atom stereocenters. The second kappa shape index (κ2) is 9.67. The van der Waals surface area contributed by atoms with Crippen molar-refractivity contribution in [2.45, 2.75) is 58.8 Å². The van der Waals surface area contributed by atoms with E-state index in [2.05, 4.69) is 39.8 Å². The molecule has 0 N–H and O–H groups in total. The molecule has 0 aliphatic carbocycles. The van der Waals surface area contributed by atoms with Gasteiger partial charge in [0.25, 0.3) is 0 Å². The van der Waals surface area contributed by atoms with Crippen LogP contribution in [0.4, 0.5) is 5.82 Å². The van der Waals surface area contributed by atoms with Gasteiger partial charge in [-0.3, -0.25) is 4.57 Å². The Morgan fingerprint density at radius 3 is 2.68 bits per heavy atom.